The first-order chi connectivity index (χ1) is 2.79. The Balaban J connectivity index is 2.11. The van der Waals surface area contributed by atoms with Crippen molar-refractivity contribution in [2.24, 2.45) is 0 Å². The van der Waals surface area contributed by atoms with Gasteiger partial charge in [0.2, 0.25) is 0 Å². The first-order valence-corrected chi connectivity index (χ1v) is 2.67. The third-order valence-electron chi connectivity index (χ3n) is 1.09. The van der Waals surface area contributed by atoms with Gasteiger partial charge in [0.1, 0.15) is 0 Å². The molecule has 0 unspecified atom stereocenters. The second-order valence-electron chi connectivity index (χ2n) is 1.78. The first-order valence-electron chi connectivity index (χ1n) is 2.15. The van der Waals surface area contributed by atoms with Crippen LogP contribution in [-0.4, -0.2) is 16.5 Å². The molecule has 0 amide bonds. The van der Waals surface area contributed by atoms with Crippen molar-refractivity contribution in [2.45, 2.75) is 24.2 Å². The Morgan fingerprint density at radius 1 is 1.50 bits per heavy atom. The van der Waals surface area contributed by atoms with E-state index in [-0.39, 0.29) is 6.10 Å². The van der Waals surface area contributed by atoms with Crippen LogP contribution in [0.15, 0.2) is 0 Å². The standard InChI is InChI=1S/C4H8OS/c5-3-1-4(6)2-3/h3-6H,1-2H2. The molecule has 0 saturated heterocycles. The van der Waals surface area contributed by atoms with Crippen molar-refractivity contribution in [2.75, 3.05) is 0 Å². The van der Waals surface area contributed by atoms with Crippen LogP contribution in [0.2, 0.25) is 0 Å². The summed E-state index contributed by atoms with van der Waals surface area (Å²) in [5.74, 6) is 0. The predicted molar refractivity (Wildman–Crippen MR) is 28.0 cm³/mol. The summed E-state index contributed by atoms with van der Waals surface area (Å²) < 4.78 is 0. The minimum Gasteiger partial charge on any atom is -0.393 e. The second-order valence-corrected chi connectivity index (χ2v) is 2.51. The minimum atomic E-state index is -0.0347. The lowest BCUT2D eigenvalue weighted by Crippen LogP contribution is -2.28. The van der Waals surface area contributed by atoms with Crippen molar-refractivity contribution in [3.05, 3.63) is 0 Å². The van der Waals surface area contributed by atoms with Crippen molar-refractivity contribution in [3.63, 3.8) is 0 Å². The van der Waals surface area contributed by atoms with Crippen LogP contribution >= 0.6 is 12.6 Å². The highest BCUT2D eigenvalue weighted by Gasteiger charge is 2.22. The number of thiol groups is 1. The van der Waals surface area contributed by atoms with Gasteiger partial charge in [-0.1, -0.05) is 0 Å². The van der Waals surface area contributed by atoms with Crippen LogP contribution in [0.4, 0.5) is 0 Å². The van der Waals surface area contributed by atoms with E-state index in [0.29, 0.717) is 5.25 Å². The molecule has 0 aromatic heterocycles. The zero-order chi connectivity index (χ0) is 4.57. The lowest BCUT2D eigenvalue weighted by atomic mass is 9.96. The summed E-state index contributed by atoms with van der Waals surface area (Å²) in [6.07, 6.45) is 1.75. The van der Waals surface area contributed by atoms with Gasteiger partial charge in [-0.05, 0) is 12.8 Å². The van der Waals surface area contributed by atoms with E-state index in [2.05, 4.69) is 12.6 Å². The molecule has 1 N–H and O–H groups in total. The van der Waals surface area contributed by atoms with E-state index in [9.17, 15) is 0 Å². The molecule has 0 spiro atoms. The van der Waals surface area contributed by atoms with Crippen LogP contribution in [0.3, 0.4) is 0 Å². The van der Waals surface area contributed by atoms with Gasteiger partial charge in [0, 0.05) is 5.25 Å². The number of hydrogen-bond donors (Lipinski definition) is 2. The van der Waals surface area contributed by atoms with E-state index in [1.165, 1.54) is 0 Å². The molecule has 0 radical (unpaired) electrons. The summed E-state index contributed by atoms with van der Waals surface area (Å²) in [4.78, 5) is 0. The Kier molecular flexibility index (Phi) is 1.06. The molecule has 1 nitrogen and oxygen atoms in total. The molecule has 6 heavy (non-hydrogen) atoms. The molecule has 1 rings (SSSR count). The first kappa shape index (κ1) is 4.47. The van der Waals surface area contributed by atoms with Gasteiger partial charge < -0.3 is 5.11 Å². The molecular formula is C4H8OS. The number of aliphatic hydroxyl groups is 1. The largest absolute Gasteiger partial charge is 0.393 e. The fourth-order valence-corrected chi connectivity index (χ4v) is 1.05. The minimum absolute atomic E-state index is 0.0347. The monoisotopic (exact) mass is 104 g/mol. The topological polar surface area (TPSA) is 20.2 Å². The van der Waals surface area contributed by atoms with Crippen LogP contribution < -0.4 is 0 Å². The molecule has 1 aliphatic rings. The molecule has 0 atom stereocenters. The molecule has 0 bridgehead atoms. The van der Waals surface area contributed by atoms with Crippen LogP contribution in [0, 0.1) is 0 Å². The molecule has 1 aliphatic carbocycles. The average Bonchev–Trinajstić information content (AvgIpc) is 1.33. The normalized spacial score (nSPS) is 45.0. The smallest absolute Gasteiger partial charge is 0.0561 e. The van der Waals surface area contributed by atoms with E-state index in [4.69, 9.17) is 5.11 Å². The number of rotatable bonds is 0. The van der Waals surface area contributed by atoms with Crippen LogP contribution in [0.25, 0.3) is 0 Å². The van der Waals surface area contributed by atoms with Gasteiger partial charge in [-0.25, -0.2) is 0 Å². The molecule has 2 heteroatoms. The lowest BCUT2D eigenvalue weighted by Gasteiger charge is -2.26. The van der Waals surface area contributed by atoms with E-state index in [0.717, 1.165) is 12.8 Å². The van der Waals surface area contributed by atoms with Crippen molar-refractivity contribution in [3.8, 4) is 0 Å². The predicted octanol–water partition coefficient (Wildman–Crippen LogP) is 0.440. The average molecular weight is 104 g/mol. The quantitative estimate of drug-likeness (QED) is 0.427. The summed E-state index contributed by atoms with van der Waals surface area (Å²) in [7, 11) is 0. The third-order valence-corrected chi connectivity index (χ3v) is 1.51. The van der Waals surface area contributed by atoms with E-state index in [1.807, 2.05) is 0 Å². The summed E-state index contributed by atoms with van der Waals surface area (Å²) in [5, 5.41) is 9.06. The van der Waals surface area contributed by atoms with Gasteiger partial charge in [0.05, 0.1) is 6.10 Å². The second kappa shape index (κ2) is 1.43. The molecule has 1 fully saturated rings. The Labute approximate surface area is 42.8 Å². The highest BCUT2D eigenvalue weighted by atomic mass is 32.1. The molecule has 0 heterocycles. The van der Waals surface area contributed by atoms with Gasteiger partial charge in [0.25, 0.3) is 0 Å². The molecular weight excluding hydrogens is 96.1 g/mol. The maximum absolute atomic E-state index is 8.57. The third kappa shape index (κ3) is 0.684. The summed E-state index contributed by atoms with van der Waals surface area (Å²) >= 11 is 4.08. The Morgan fingerprint density at radius 3 is 2.00 bits per heavy atom. The zero-order valence-corrected chi connectivity index (χ0v) is 4.36. The molecule has 0 aliphatic heterocycles. The van der Waals surface area contributed by atoms with Gasteiger partial charge >= 0.3 is 0 Å². The van der Waals surface area contributed by atoms with Crippen molar-refractivity contribution in [1.82, 2.24) is 0 Å². The van der Waals surface area contributed by atoms with Crippen LogP contribution in [0.1, 0.15) is 12.8 Å². The van der Waals surface area contributed by atoms with Gasteiger partial charge in [-0.15, -0.1) is 0 Å². The zero-order valence-electron chi connectivity index (χ0n) is 3.46. The lowest BCUT2D eigenvalue weighted by molar-refractivity contribution is 0.101. The summed E-state index contributed by atoms with van der Waals surface area (Å²) in [6, 6.07) is 0. The summed E-state index contributed by atoms with van der Waals surface area (Å²) in [6.45, 7) is 0. The SMILES string of the molecule is OC1CC(S)C1. The summed E-state index contributed by atoms with van der Waals surface area (Å²) in [5.41, 5.74) is 0. The number of aliphatic hydroxyl groups excluding tert-OH is 1. The molecule has 0 aromatic carbocycles. The van der Waals surface area contributed by atoms with Crippen LogP contribution in [0.5, 0.6) is 0 Å². The maximum Gasteiger partial charge on any atom is 0.0561 e. The highest BCUT2D eigenvalue weighted by molar-refractivity contribution is 7.81. The van der Waals surface area contributed by atoms with Gasteiger partial charge in [-0.3, -0.25) is 0 Å². The highest BCUT2D eigenvalue weighted by Crippen LogP contribution is 2.23. The fraction of sp³-hybridized carbons (Fsp3) is 1.00. The van der Waals surface area contributed by atoms with Crippen molar-refractivity contribution < 1.29 is 5.11 Å². The van der Waals surface area contributed by atoms with Crippen LogP contribution in [-0.2, 0) is 0 Å². The Bertz CT molecular complexity index is 43.5. The Hall–Kier alpha value is 0.310. The molecule has 0 aromatic rings. The fourth-order valence-electron chi connectivity index (χ4n) is 0.559. The van der Waals surface area contributed by atoms with Crippen molar-refractivity contribution >= 4 is 12.6 Å². The maximum atomic E-state index is 8.57. The molecule has 36 valence electrons. The van der Waals surface area contributed by atoms with Crippen molar-refractivity contribution in [1.29, 1.82) is 0 Å². The van der Waals surface area contributed by atoms with Gasteiger partial charge in [0.15, 0.2) is 0 Å². The number of hydrogen-bond acceptors (Lipinski definition) is 2. The van der Waals surface area contributed by atoms with E-state index in [1.54, 1.807) is 0 Å². The van der Waals surface area contributed by atoms with Gasteiger partial charge in [-0.2, -0.15) is 12.6 Å². The van der Waals surface area contributed by atoms with E-state index < -0.39 is 0 Å². The Morgan fingerprint density at radius 2 is 2.00 bits per heavy atom. The molecule has 1 saturated carbocycles. The van der Waals surface area contributed by atoms with E-state index >= 15 is 0 Å².